The van der Waals surface area contributed by atoms with Gasteiger partial charge in [-0.2, -0.15) is 13.2 Å². The first kappa shape index (κ1) is 21.8. The smallest absolute Gasteiger partial charge is 0.416 e. The first-order valence-corrected chi connectivity index (χ1v) is 10.2. The third kappa shape index (κ3) is 4.18. The van der Waals surface area contributed by atoms with Gasteiger partial charge in [-0.1, -0.05) is 38.1 Å². The third-order valence-electron chi connectivity index (χ3n) is 5.36. The number of benzene rings is 3. The molecule has 0 unspecified atom stereocenters. The molecule has 4 aromatic rings. The number of fused-ring (bicyclic) bond motifs is 1. The van der Waals surface area contributed by atoms with Crippen LogP contribution in [0.1, 0.15) is 36.5 Å². The van der Waals surface area contributed by atoms with Crippen LogP contribution >= 0.6 is 0 Å². The number of rotatable bonds is 5. The molecular formula is C24H22F3N3O2. The lowest BCUT2D eigenvalue weighted by Gasteiger charge is -2.13. The van der Waals surface area contributed by atoms with Crippen molar-refractivity contribution >= 4 is 11.0 Å². The minimum absolute atomic E-state index is 0.0645. The van der Waals surface area contributed by atoms with Crippen LogP contribution < -0.4 is 0 Å². The van der Waals surface area contributed by atoms with Gasteiger partial charge in [0.25, 0.3) is 0 Å². The van der Waals surface area contributed by atoms with Crippen LogP contribution in [0.4, 0.5) is 13.2 Å². The molecule has 0 aliphatic heterocycles. The fourth-order valence-electron chi connectivity index (χ4n) is 3.57. The number of phenolic OH excluding ortho intramolecular Hbond substituents is 1. The van der Waals surface area contributed by atoms with Gasteiger partial charge in [0.05, 0.1) is 5.56 Å². The Morgan fingerprint density at radius 2 is 1.62 bits per heavy atom. The van der Waals surface area contributed by atoms with Gasteiger partial charge in [-0.15, -0.1) is 15.0 Å². The largest absolute Gasteiger partial charge is 0.505 e. The minimum atomic E-state index is -4.49. The van der Waals surface area contributed by atoms with Gasteiger partial charge in [-0.25, -0.2) is 0 Å². The van der Waals surface area contributed by atoms with Gasteiger partial charge in [-0.05, 0) is 59.4 Å². The summed E-state index contributed by atoms with van der Waals surface area (Å²) < 4.78 is 39.1. The maximum absolute atomic E-state index is 13.0. The molecule has 0 radical (unpaired) electrons. The molecule has 0 amide bonds. The number of aliphatic hydroxyl groups excluding tert-OH is 1. The molecule has 8 heteroatoms. The Balaban J connectivity index is 1.85. The number of hydrogen-bond acceptors (Lipinski definition) is 4. The average Bonchev–Trinajstić information content (AvgIpc) is 3.17. The second kappa shape index (κ2) is 8.27. The lowest BCUT2D eigenvalue weighted by atomic mass is 9.96. The van der Waals surface area contributed by atoms with Crippen molar-refractivity contribution in [2.45, 2.75) is 32.4 Å². The molecule has 3 aromatic carbocycles. The van der Waals surface area contributed by atoms with E-state index in [9.17, 15) is 23.4 Å². The van der Waals surface area contributed by atoms with Crippen LogP contribution in [0, 0.1) is 0 Å². The molecule has 4 rings (SSSR count). The Morgan fingerprint density at radius 3 is 2.25 bits per heavy atom. The SMILES string of the molecule is CC(C)c1ccc(-c2cc(CCO)cc(-n3nc4ccc(C(F)(F)F)cc4n3)c2O)cc1. The predicted octanol–water partition coefficient (Wildman–Crippen LogP) is 5.47. The highest BCUT2D eigenvalue weighted by molar-refractivity contribution is 5.78. The predicted molar refractivity (Wildman–Crippen MR) is 116 cm³/mol. The van der Waals surface area contributed by atoms with Crippen molar-refractivity contribution in [2.24, 2.45) is 0 Å². The van der Waals surface area contributed by atoms with Crippen molar-refractivity contribution in [3.05, 3.63) is 71.3 Å². The van der Waals surface area contributed by atoms with Gasteiger partial charge in [0.1, 0.15) is 16.7 Å². The Kier molecular flexibility index (Phi) is 5.64. The molecule has 2 N–H and O–H groups in total. The van der Waals surface area contributed by atoms with Crippen LogP contribution in [-0.2, 0) is 12.6 Å². The molecule has 1 heterocycles. The molecule has 0 aliphatic carbocycles. The maximum Gasteiger partial charge on any atom is 0.416 e. The minimum Gasteiger partial charge on any atom is -0.505 e. The average molecular weight is 441 g/mol. The molecule has 0 fully saturated rings. The highest BCUT2D eigenvalue weighted by atomic mass is 19.4. The fraction of sp³-hybridized carbons (Fsp3) is 0.250. The van der Waals surface area contributed by atoms with Gasteiger partial charge in [0, 0.05) is 12.2 Å². The summed E-state index contributed by atoms with van der Waals surface area (Å²) >= 11 is 0. The third-order valence-corrected chi connectivity index (χ3v) is 5.36. The Morgan fingerprint density at radius 1 is 0.938 bits per heavy atom. The van der Waals surface area contributed by atoms with E-state index in [1.165, 1.54) is 6.07 Å². The van der Waals surface area contributed by atoms with Gasteiger partial charge in [0.15, 0.2) is 5.75 Å². The monoisotopic (exact) mass is 441 g/mol. The summed E-state index contributed by atoms with van der Waals surface area (Å²) in [6.07, 6.45) is -4.15. The lowest BCUT2D eigenvalue weighted by Crippen LogP contribution is -2.04. The summed E-state index contributed by atoms with van der Waals surface area (Å²) in [6.45, 7) is 4.08. The summed E-state index contributed by atoms with van der Waals surface area (Å²) in [5, 5.41) is 28.9. The molecular weight excluding hydrogens is 419 g/mol. The van der Waals surface area contributed by atoms with Gasteiger partial charge >= 0.3 is 6.18 Å². The zero-order valence-electron chi connectivity index (χ0n) is 17.6. The van der Waals surface area contributed by atoms with E-state index in [4.69, 9.17) is 0 Å². The van der Waals surface area contributed by atoms with E-state index < -0.39 is 11.7 Å². The number of halogens is 3. The normalized spacial score (nSPS) is 12.1. The van der Waals surface area contributed by atoms with Crippen LogP contribution in [0.25, 0.3) is 27.8 Å². The van der Waals surface area contributed by atoms with Crippen molar-refractivity contribution < 1.29 is 23.4 Å². The first-order valence-electron chi connectivity index (χ1n) is 10.2. The molecule has 5 nitrogen and oxygen atoms in total. The van der Waals surface area contributed by atoms with E-state index in [0.717, 1.165) is 33.6 Å². The molecule has 0 spiro atoms. The van der Waals surface area contributed by atoms with Crippen molar-refractivity contribution in [3.63, 3.8) is 0 Å². The molecule has 0 bridgehead atoms. The van der Waals surface area contributed by atoms with Gasteiger partial charge in [-0.3, -0.25) is 0 Å². The van der Waals surface area contributed by atoms with E-state index >= 15 is 0 Å². The fourth-order valence-corrected chi connectivity index (χ4v) is 3.57. The number of alkyl halides is 3. The first-order chi connectivity index (χ1) is 15.2. The van der Waals surface area contributed by atoms with E-state index in [1.807, 2.05) is 24.3 Å². The van der Waals surface area contributed by atoms with Crippen LogP contribution in [-0.4, -0.2) is 31.8 Å². The standard InChI is InChI=1S/C24H22F3N3O2/c1-14(2)16-3-5-17(6-4-16)19-11-15(9-10-31)12-22(23(19)32)30-28-20-8-7-18(24(25,26)27)13-21(20)29-30/h3-8,11-14,31-32H,9-10H2,1-2H3. The van der Waals surface area contributed by atoms with Crippen LogP contribution in [0.5, 0.6) is 5.75 Å². The van der Waals surface area contributed by atoms with Gasteiger partial charge < -0.3 is 10.2 Å². The van der Waals surface area contributed by atoms with E-state index in [-0.39, 0.29) is 29.1 Å². The maximum atomic E-state index is 13.0. The summed E-state index contributed by atoms with van der Waals surface area (Å²) in [4.78, 5) is 1.13. The molecule has 1 aromatic heterocycles. The summed E-state index contributed by atoms with van der Waals surface area (Å²) in [7, 11) is 0. The van der Waals surface area contributed by atoms with Crippen LogP contribution in [0.3, 0.4) is 0 Å². The second-order valence-corrected chi connectivity index (χ2v) is 7.95. The Hall–Kier alpha value is -3.39. The van der Waals surface area contributed by atoms with Crippen molar-refractivity contribution in [1.82, 2.24) is 15.0 Å². The number of nitrogens with zero attached hydrogens (tertiary/aromatic N) is 3. The van der Waals surface area contributed by atoms with Crippen LogP contribution in [0.15, 0.2) is 54.6 Å². The lowest BCUT2D eigenvalue weighted by molar-refractivity contribution is -0.137. The van der Waals surface area contributed by atoms with Crippen molar-refractivity contribution in [1.29, 1.82) is 0 Å². The molecule has 0 saturated heterocycles. The van der Waals surface area contributed by atoms with Crippen LogP contribution in [0.2, 0.25) is 0 Å². The number of aliphatic hydroxyl groups is 1. The molecule has 32 heavy (non-hydrogen) atoms. The Labute approximate surface area is 182 Å². The highest BCUT2D eigenvalue weighted by Gasteiger charge is 2.31. The van der Waals surface area contributed by atoms with E-state index in [2.05, 4.69) is 24.0 Å². The number of aromatic hydroxyl groups is 1. The number of hydrogen-bond donors (Lipinski definition) is 2. The Bertz CT molecular complexity index is 1260. The quantitative estimate of drug-likeness (QED) is 0.431. The van der Waals surface area contributed by atoms with E-state index in [1.54, 1.807) is 12.1 Å². The molecule has 0 atom stereocenters. The van der Waals surface area contributed by atoms with Gasteiger partial charge in [0.2, 0.25) is 0 Å². The van der Waals surface area contributed by atoms with Crippen molar-refractivity contribution in [2.75, 3.05) is 6.61 Å². The summed E-state index contributed by atoms with van der Waals surface area (Å²) in [6, 6.07) is 14.3. The summed E-state index contributed by atoms with van der Waals surface area (Å²) in [5.74, 6) is 0.261. The van der Waals surface area contributed by atoms with Crippen molar-refractivity contribution in [3.8, 4) is 22.6 Å². The topological polar surface area (TPSA) is 71.2 Å². The number of aromatic nitrogens is 3. The molecule has 0 saturated carbocycles. The number of phenols is 1. The van der Waals surface area contributed by atoms with E-state index in [0.29, 0.717) is 17.9 Å². The highest BCUT2D eigenvalue weighted by Crippen LogP contribution is 2.37. The second-order valence-electron chi connectivity index (χ2n) is 7.95. The molecule has 166 valence electrons. The summed E-state index contributed by atoms with van der Waals surface area (Å²) in [5.41, 5.74) is 2.93. The molecule has 0 aliphatic rings. The zero-order chi connectivity index (χ0) is 23.0. The zero-order valence-corrected chi connectivity index (χ0v) is 17.6.